The molecular formula is C7H8IN3O2. The Morgan fingerprint density at radius 3 is 3.08 bits per heavy atom. The van der Waals surface area contributed by atoms with Crippen LogP contribution in [0.5, 0.6) is 0 Å². The van der Waals surface area contributed by atoms with Gasteiger partial charge in [-0.25, -0.2) is 9.78 Å². The van der Waals surface area contributed by atoms with Gasteiger partial charge in [-0.3, -0.25) is 7.68 Å². The van der Waals surface area contributed by atoms with Gasteiger partial charge in [-0.15, -0.1) is 0 Å². The second-order valence-electron chi connectivity index (χ2n) is 2.75. The SMILES string of the molecule is O=C1OCCN1Cc1cn(I)cn1. The maximum atomic E-state index is 11.1. The monoisotopic (exact) mass is 293 g/mol. The number of halogens is 1. The molecule has 1 fully saturated rings. The zero-order chi connectivity index (χ0) is 9.26. The first-order chi connectivity index (χ1) is 6.25. The van der Waals surface area contributed by atoms with Gasteiger partial charge < -0.3 is 4.74 Å². The van der Waals surface area contributed by atoms with Crippen molar-refractivity contribution < 1.29 is 9.53 Å². The fourth-order valence-electron chi connectivity index (χ4n) is 1.18. The molecule has 0 N–H and O–H groups in total. The van der Waals surface area contributed by atoms with Gasteiger partial charge in [0.25, 0.3) is 0 Å². The predicted octanol–water partition coefficient (Wildman–Crippen LogP) is 1.03. The number of aromatic nitrogens is 2. The largest absolute Gasteiger partial charge is 0.448 e. The lowest BCUT2D eigenvalue weighted by molar-refractivity contribution is 0.157. The summed E-state index contributed by atoms with van der Waals surface area (Å²) in [5.74, 6) is 0. The minimum absolute atomic E-state index is 0.247. The quantitative estimate of drug-likeness (QED) is 0.765. The summed E-state index contributed by atoms with van der Waals surface area (Å²) in [6, 6.07) is 0. The maximum absolute atomic E-state index is 11.1. The van der Waals surface area contributed by atoms with Crippen LogP contribution >= 0.6 is 22.9 Å². The van der Waals surface area contributed by atoms with E-state index in [0.29, 0.717) is 19.7 Å². The summed E-state index contributed by atoms with van der Waals surface area (Å²) in [7, 11) is 0. The van der Waals surface area contributed by atoms with Crippen molar-refractivity contribution >= 4 is 29.0 Å². The van der Waals surface area contributed by atoms with Crippen molar-refractivity contribution in [2.45, 2.75) is 6.54 Å². The van der Waals surface area contributed by atoms with Crippen molar-refractivity contribution in [3.63, 3.8) is 0 Å². The number of ether oxygens (including phenoxy) is 1. The molecule has 2 heterocycles. The normalized spacial score (nSPS) is 16.4. The molecule has 1 aromatic rings. The number of nitrogens with zero attached hydrogens (tertiary/aromatic N) is 3. The van der Waals surface area contributed by atoms with Crippen LogP contribution in [0.4, 0.5) is 4.79 Å². The first-order valence-electron chi connectivity index (χ1n) is 3.86. The second-order valence-corrected chi connectivity index (χ2v) is 3.86. The summed E-state index contributed by atoms with van der Waals surface area (Å²) >= 11 is 2.11. The lowest BCUT2D eigenvalue weighted by Crippen LogP contribution is -2.23. The Labute approximate surface area is 89.2 Å². The number of carbonyl (C=O) groups excluding carboxylic acids is 1. The van der Waals surface area contributed by atoms with Crippen molar-refractivity contribution in [3.05, 3.63) is 18.2 Å². The van der Waals surface area contributed by atoms with Crippen molar-refractivity contribution in [1.82, 2.24) is 12.7 Å². The molecule has 0 unspecified atom stereocenters. The molecule has 13 heavy (non-hydrogen) atoms. The molecule has 2 rings (SSSR count). The summed E-state index contributed by atoms with van der Waals surface area (Å²) in [5.41, 5.74) is 0.883. The molecule has 0 bridgehead atoms. The van der Waals surface area contributed by atoms with Crippen LogP contribution in [-0.2, 0) is 11.3 Å². The molecule has 0 atom stereocenters. The molecule has 6 heteroatoms. The standard InChI is InChI=1S/C7H8IN3O2/c8-11-4-6(9-5-11)3-10-1-2-13-7(10)12/h4-5H,1-3H2. The first kappa shape index (κ1) is 8.79. The van der Waals surface area contributed by atoms with E-state index in [2.05, 4.69) is 27.8 Å². The molecule has 0 aromatic carbocycles. The molecule has 1 saturated heterocycles. The van der Waals surface area contributed by atoms with Gasteiger partial charge in [-0.1, -0.05) is 0 Å². The highest BCUT2D eigenvalue weighted by atomic mass is 127. The zero-order valence-electron chi connectivity index (χ0n) is 6.81. The number of rotatable bonds is 2. The highest BCUT2D eigenvalue weighted by Crippen LogP contribution is 2.09. The maximum Gasteiger partial charge on any atom is 0.410 e. The Balaban J connectivity index is 2.01. The van der Waals surface area contributed by atoms with Crippen LogP contribution in [0.15, 0.2) is 12.5 Å². The summed E-state index contributed by atoms with van der Waals surface area (Å²) in [6.45, 7) is 1.69. The van der Waals surface area contributed by atoms with E-state index >= 15 is 0 Å². The van der Waals surface area contributed by atoms with Gasteiger partial charge in [0.05, 0.1) is 41.6 Å². The number of cyclic esters (lactones) is 1. The Bertz CT molecular complexity index is 325. The van der Waals surface area contributed by atoms with Crippen LogP contribution < -0.4 is 0 Å². The summed E-state index contributed by atoms with van der Waals surface area (Å²) < 4.78 is 6.62. The van der Waals surface area contributed by atoms with Gasteiger partial charge in [-0.05, 0) is 0 Å². The minimum Gasteiger partial charge on any atom is -0.448 e. The fraction of sp³-hybridized carbons (Fsp3) is 0.429. The minimum atomic E-state index is -0.247. The lowest BCUT2D eigenvalue weighted by Gasteiger charge is -2.09. The third-order valence-corrected chi connectivity index (χ3v) is 2.33. The topological polar surface area (TPSA) is 47.4 Å². The smallest absolute Gasteiger partial charge is 0.410 e. The molecule has 0 radical (unpaired) electrons. The highest BCUT2D eigenvalue weighted by molar-refractivity contribution is 14.1. The average Bonchev–Trinajstić information content (AvgIpc) is 2.64. The molecular weight excluding hydrogens is 285 g/mol. The van der Waals surface area contributed by atoms with E-state index in [1.807, 2.05) is 8.98 Å². The van der Waals surface area contributed by atoms with Crippen molar-refractivity contribution in [2.75, 3.05) is 13.2 Å². The summed E-state index contributed by atoms with van der Waals surface area (Å²) in [5, 5.41) is 0. The Morgan fingerprint density at radius 1 is 1.69 bits per heavy atom. The van der Waals surface area contributed by atoms with Gasteiger partial charge in [0.1, 0.15) is 12.9 Å². The van der Waals surface area contributed by atoms with E-state index in [9.17, 15) is 4.79 Å². The van der Waals surface area contributed by atoms with Crippen LogP contribution in [0.2, 0.25) is 0 Å². The van der Waals surface area contributed by atoms with Crippen LogP contribution in [0.1, 0.15) is 5.69 Å². The Morgan fingerprint density at radius 2 is 2.54 bits per heavy atom. The van der Waals surface area contributed by atoms with Crippen molar-refractivity contribution in [1.29, 1.82) is 0 Å². The lowest BCUT2D eigenvalue weighted by atomic mass is 10.4. The molecule has 5 nitrogen and oxygen atoms in total. The second kappa shape index (κ2) is 3.52. The molecule has 0 aliphatic carbocycles. The number of amides is 1. The molecule has 1 amide bonds. The van der Waals surface area contributed by atoms with Crippen molar-refractivity contribution in [2.24, 2.45) is 0 Å². The average molecular weight is 293 g/mol. The van der Waals surface area contributed by atoms with Crippen LogP contribution in [-0.4, -0.2) is 31.9 Å². The van der Waals surface area contributed by atoms with Gasteiger partial charge in [-0.2, -0.15) is 0 Å². The van der Waals surface area contributed by atoms with Crippen molar-refractivity contribution in [3.8, 4) is 0 Å². The molecule has 1 aliphatic heterocycles. The molecule has 0 saturated carbocycles. The van der Waals surface area contributed by atoms with Crippen LogP contribution in [0.3, 0.4) is 0 Å². The van der Waals surface area contributed by atoms with Gasteiger partial charge in [0, 0.05) is 6.20 Å². The van der Waals surface area contributed by atoms with E-state index in [1.165, 1.54) is 0 Å². The first-order valence-corrected chi connectivity index (χ1v) is 4.83. The van der Waals surface area contributed by atoms with Crippen LogP contribution in [0, 0.1) is 0 Å². The molecule has 0 spiro atoms. The molecule has 1 aromatic heterocycles. The van der Waals surface area contributed by atoms with E-state index in [1.54, 1.807) is 11.2 Å². The third-order valence-electron chi connectivity index (χ3n) is 1.80. The van der Waals surface area contributed by atoms with E-state index in [0.717, 1.165) is 5.69 Å². The Kier molecular flexibility index (Phi) is 2.38. The van der Waals surface area contributed by atoms with Crippen LogP contribution in [0.25, 0.3) is 0 Å². The van der Waals surface area contributed by atoms with Gasteiger partial charge in [0.15, 0.2) is 0 Å². The van der Waals surface area contributed by atoms with Gasteiger partial charge >= 0.3 is 6.09 Å². The third kappa shape index (κ3) is 1.93. The van der Waals surface area contributed by atoms with E-state index in [4.69, 9.17) is 4.74 Å². The summed E-state index contributed by atoms with van der Waals surface area (Å²) in [6.07, 6.45) is 3.34. The predicted molar refractivity (Wildman–Crippen MR) is 53.4 cm³/mol. The number of carbonyl (C=O) groups is 1. The number of hydrogen-bond donors (Lipinski definition) is 0. The molecule has 70 valence electrons. The Hall–Kier alpha value is -0.790. The zero-order valence-corrected chi connectivity index (χ0v) is 8.97. The summed E-state index contributed by atoms with van der Waals surface area (Å²) in [4.78, 5) is 16.8. The highest BCUT2D eigenvalue weighted by Gasteiger charge is 2.22. The molecule has 1 aliphatic rings. The van der Waals surface area contributed by atoms with Gasteiger partial charge in [0.2, 0.25) is 0 Å². The number of hydrogen-bond acceptors (Lipinski definition) is 3. The number of imidazole rings is 1. The van der Waals surface area contributed by atoms with E-state index in [-0.39, 0.29) is 6.09 Å². The van der Waals surface area contributed by atoms with E-state index < -0.39 is 0 Å². The fourth-order valence-corrected chi connectivity index (χ4v) is 1.63.